The Hall–Kier alpha value is -3.08. The van der Waals surface area contributed by atoms with Crippen molar-refractivity contribution >= 4 is 28.0 Å². The average Bonchev–Trinajstić information content (AvgIpc) is 3.47. The number of hydrogen-bond acceptors (Lipinski definition) is 8. The van der Waals surface area contributed by atoms with E-state index in [1.807, 2.05) is 29.8 Å². The van der Waals surface area contributed by atoms with E-state index in [0.717, 1.165) is 54.2 Å². The van der Waals surface area contributed by atoms with Gasteiger partial charge in [-0.1, -0.05) is 26.0 Å². The van der Waals surface area contributed by atoms with Crippen LogP contribution in [0.5, 0.6) is 0 Å². The van der Waals surface area contributed by atoms with Crippen molar-refractivity contribution in [1.29, 1.82) is 0 Å². The minimum absolute atomic E-state index is 0.181. The topological polar surface area (TPSA) is 97.4 Å². The fourth-order valence-electron chi connectivity index (χ4n) is 5.88. The largest absolute Gasteiger partial charge is 0.381 e. The Balaban J connectivity index is 1.58. The van der Waals surface area contributed by atoms with Crippen LogP contribution in [0.4, 0.5) is 5.82 Å². The van der Waals surface area contributed by atoms with Crippen LogP contribution in [-0.2, 0) is 17.4 Å². The van der Waals surface area contributed by atoms with Gasteiger partial charge in [-0.2, -0.15) is 9.97 Å². The number of aromatic nitrogens is 6. The monoisotopic (exact) mass is 518 g/mol. The summed E-state index contributed by atoms with van der Waals surface area (Å²) >= 11 is 0. The van der Waals surface area contributed by atoms with Crippen LogP contribution in [0.25, 0.3) is 28.1 Å². The van der Waals surface area contributed by atoms with Gasteiger partial charge in [0.2, 0.25) is 5.95 Å². The van der Waals surface area contributed by atoms with Gasteiger partial charge in [0.15, 0.2) is 17.0 Å². The lowest BCUT2D eigenvalue weighted by atomic mass is 9.91. The first kappa shape index (κ1) is 25.2. The zero-order chi connectivity index (χ0) is 26.6. The SMILES string of the molecule is CC(C)c1nc2ccccc2n1-c1nc(N2CCOCC2)c2nc([C@]3(O)CCCN(C(C)C)C3)n(C)c2n1. The van der Waals surface area contributed by atoms with Crippen LogP contribution in [0.1, 0.15) is 58.1 Å². The summed E-state index contributed by atoms with van der Waals surface area (Å²) in [6.45, 7) is 12.9. The van der Waals surface area contributed by atoms with Crippen LogP contribution in [0.3, 0.4) is 0 Å². The molecule has 3 aromatic heterocycles. The van der Waals surface area contributed by atoms with Crippen molar-refractivity contribution in [3.05, 3.63) is 35.9 Å². The van der Waals surface area contributed by atoms with Crippen molar-refractivity contribution < 1.29 is 9.84 Å². The number of fused-ring (bicyclic) bond motifs is 2. The number of aliphatic hydroxyl groups is 1. The van der Waals surface area contributed by atoms with Crippen molar-refractivity contribution in [2.45, 2.75) is 58.1 Å². The summed E-state index contributed by atoms with van der Waals surface area (Å²) in [6.07, 6.45) is 1.59. The molecule has 2 aliphatic rings. The number of benzene rings is 1. The van der Waals surface area contributed by atoms with Crippen molar-refractivity contribution in [2.75, 3.05) is 44.3 Å². The lowest BCUT2D eigenvalue weighted by molar-refractivity contribution is -0.0523. The Kier molecular flexibility index (Phi) is 6.36. The maximum atomic E-state index is 11.9. The molecule has 2 saturated heterocycles. The van der Waals surface area contributed by atoms with E-state index in [9.17, 15) is 5.11 Å². The number of ether oxygens (including phenoxy) is 1. The summed E-state index contributed by atoms with van der Waals surface area (Å²) in [4.78, 5) is 24.8. The molecule has 38 heavy (non-hydrogen) atoms. The molecule has 0 amide bonds. The number of rotatable bonds is 5. The number of morpholine rings is 1. The molecule has 6 rings (SSSR count). The highest BCUT2D eigenvalue weighted by Gasteiger charge is 2.40. The molecule has 4 aromatic rings. The minimum atomic E-state index is -1.05. The normalized spacial score (nSPS) is 21.4. The van der Waals surface area contributed by atoms with E-state index in [1.165, 1.54) is 0 Å². The van der Waals surface area contributed by atoms with Gasteiger partial charge < -0.3 is 19.3 Å². The predicted molar refractivity (Wildman–Crippen MR) is 148 cm³/mol. The minimum Gasteiger partial charge on any atom is -0.381 e. The molecule has 0 bridgehead atoms. The molecule has 5 heterocycles. The molecule has 0 saturated carbocycles. The van der Waals surface area contributed by atoms with E-state index in [0.29, 0.717) is 49.6 Å². The summed E-state index contributed by atoms with van der Waals surface area (Å²) in [6, 6.07) is 8.48. The van der Waals surface area contributed by atoms with E-state index in [1.54, 1.807) is 0 Å². The van der Waals surface area contributed by atoms with Crippen LogP contribution in [-0.4, -0.2) is 84.5 Å². The van der Waals surface area contributed by atoms with Gasteiger partial charge in [0.1, 0.15) is 17.2 Å². The molecule has 1 aromatic carbocycles. The zero-order valence-electron chi connectivity index (χ0n) is 23.1. The molecular formula is C28H38N8O2. The van der Waals surface area contributed by atoms with Gasteiger partial charge in [-0.05, 0) is 45.4 Å². The number of anilines is 1. The van der Waals surface area contributed by atoms with Gasteiger partial charge in [-0.3, -0.25) is 9.47 Å². The Morgan fingerprint density at radius 2 is 1.74 bits per heavy atom. The quantitative estimate of drug-likeness (QED) is 0.430. The summed E-state index contributed by atoms with van der Waals surface area (Å²) in [5.41, 5.74) is 2.28. The lowest BCUT2D eigenvalue weighted by Gasteiger charge is -2.40. The number of hydrogen-bond donors (Lipinski definition) is 1. The smallest absolute Gasteiger partial charge is 0.239 e. The number of likely N-dealkylation sites (tertiary alicyclic amines) is 1. The van der Waals surface area contributed by atoms with Gasteiger partial charge in [0.05, 0.1) is 24.2 Å². The second-order valence-corrected chi connectivity index (χ2v) is 11.3. The number of nitrogens with zero attached hydrogens (tertiary/aromatic N) is 8. The molecular weight excluding hydrogens is 480 g/mol. The fraction of sp³-hybridized carbons (Fsp3) is 0.571. The standard InChI is InChI=1S/C28H38N8O2/c1-18(2)23-29-20-9-6-7-10-21(20)36(23)27-31-24-22(25(32-27)34-13-15-38-16-14-34)30-26(33(24)5)28(37)11-8-12-35(17-28)19(3)4/h6-7,9-10,18-19,37H,8,11-17H2,1-5H3/t28-/m0/s1. The molecule has 10 heteroatoms. The van der Waals surface area contributed by atoms with Gasteiger partial charge in [-0.25, -0.2) is 9.97 Å². The fourth-order valence-corrected chi connectivity index (χ4v) is 5.88. The Morgan fingerprint density at radius 1 is 0.974 bits per heavy atom. The first-order valence-corrected chi connectivity index (χ1v) is 13.8. The Labute approximate surface area is 223 Å². The van der Waals surface area contributed by atoms with Crippen molar-refractivity contribution in [3.63, 3.8) is 0 Å². The highest BCUT2D eigenvalue weighted by atomic mass is 16.5. The van der Waals surface area contributed by atoms with Crippen LogP contribution >= 0.6 is 0 Å². The highest BCUT2D eigenvalue weighted by Crippen LogP contribution is 2.36. The molecule has 202 valence electrons. The van der Waals surface area contributed by atoms with Gasteiger partial charge in [0, 0.05) is 38.6 Å². The highest BCUT2D eigenvalue weighted by molar-refractivity contribution is 5.86. The summed E-state index contributed by atoms with van der Waals surface area (Å²) in [7, 11) is 1.96. The van der Waals surface area contributed by atoms with E-state index in [2.05, 4.69) is 48.1 Å². The van der Waals surface area contributed by atoms with Crippen LogP contribution < -0.4 is 4.90 Å². The predicted octanol–water partition coefficient (Wildman–Crippen LogP) is 3.35. The van der Waals surface area contributed by atoms with Crippen LogP contribution in [0.2, 0.25) is 0 Å². The molecule has 10 nitrogen and oxygen atoms in total. The Morgan fingerprint density at radius 3 is 2.47 bits per heavy atom. The maximum absolute atomic E-state index is 11.9. The molecule has 0 radical (unpaired) electrons. The van der Waals surface area contributed by atoms with Gasteiger partial charge in [-0.15, -0.1) is 0 Å². The van der Waals surface area contributed by atoms with Gasteiger partial charge in [0.25, 0.3) is 0 Å². The van der Waals surface area contributed by atoms with E-state index in [4.69, 9.17) is 24.7 Å². The molecule has 2 aliphatic heterocycles. The number of piperidine rings is 1. The van der Waals surface area contributed by atoms with E-state index < -0.39 is 5.60 Å². The van der Waals surface area contributed by atoms with Crippen LogP contribution in [0.15, 0.2) is 24.3 Å². The molecule has 0 unspecified atom stereocenters. The zero-order valence-corrected chi connectivity index (χ0v) is 23.1. The Bertz CT molecular complexity index is 1470. The summed E-state index contributed by atoms with van der Waals surface area (Å²) in [5, 5.41) is 11.9. The number of imidazole rings is 2. The van der Waals surface area contributed by atoms with Crippen molar-refractivity contribution in [1.82, 2.24) is 34.0 Å². The first-order valence-electron chi connectivity index (χ1n) is 13.8. The van der Waals surface area contributed by atoms with Gasteiger partial charge >= 0.3 is 0 Å². The van der Waals surface area contributed by atoms with E-state index in [-0.39, 0.29) is 5.92 Å². The van der Waals surface area contributed by atoms with Crippen molar-refractivity contribution in [3.8, 4) is 5.95 Å². The number of para-hydroxylation sites is 2. The molecule has 2 fully saturated rings. The molecule has 1 atom stereocenters. The number of β-amino-alcohol motifs (C(OH)–C–C–N with tert-alkyl or cyclic N) is 1. The average molecular weight is 519 g/mol. The molecule has 0 spiro atoms. The first-order chi connectivity index (χ1) is 18.3. The van der Waals surface area contributed by atoms with Crippen LogP contribution in [0, 0.1) is 0 Å². The summed E-state index contributed by atoms with van der Waals surface area (Å²) in [5.74, 6) is 3.10. The second-order valence-electron chi connectivity index (χ2n) is 11.3. The third kappa shape index (κ3) is 4.15. The lowest BCUT2D eigenvalue weighted by Crippen LogP contribution is -2.49. The van der Waals surface area contributed by atoms with Crippen molar-refractivity contribution in [2.24, 2.45) is 7.05 Å². The molecule has 0 aliphatic carbocycles. The maximum Gasteiger partial charge on any atom is 0.239 e. The molecule has 1 N–H and O–H groups in total. The van der Waals surface area contributed by atoms with E-state index >= 15 is 0 Å². The number of aryl methyl sites for hydroxylation is 1. The second kappa shape index (κ2) is 9.59. The third-order valence-corrected chi connectivity index (χ3v) is 7.95. The third-order valence-electron chi connectivity index (χ3n) is 7.95. The summed E-state index contributed by atoms with van der Waals surface area (Å²) < 4.78 is 9.70.